The fourth-order valence-corrected chi connectivity index (χ4v) is 1.58. The molecular weight excluding hydrogens is 194 g/mol. The topological polar surface area (TPSA) is 12.0 Å². The van der Waals surface area contributed by atoms with Crippen molar-refractivity contribution in [3.05, 3.63) is 59.7 Å². The van der Waals surface area contributed by atoms with Gasteiger partial charge in [0.2, 0.25) is 0 Å². The van der Waals surface area contributed by atoms with Crippen LogP contribution in [0.1, 0.15) is 19.4 Å². The first-order chi connectivity index (χ1) is 7.86. The van der Waals surface area contributed by atoms with Gasteiger partial charge in [0.1, 0.15) is 0 Å². The molecule has 0 fully saturated rings. The Balaban J connectivity index is 2.22. The Bertz CT molecular complexity index is 336. The van der Waals surface area contributed by atoms with E-state index in [1.165, 1.54) is 11.1 Å². The zero-order valence-electron chi connectivity index (χ0n) is 10.2. The molecule has 1 aromatic rings. The predicted molar refractivity (Wildman–Crippen MR) is 71.6 cm³/mol. The van der Waals surface area contributed by atoms with E-state index in [-0.39, 0.29) is 0 Å². The number of hydrogen-bond acceptors (Lipinski definition) is 1. The summed E-state index contributed by atoms with van der Waals surface area (Å²) in [5.74, 6) is 0. The summed E-state index contributed by atoms with van der Waals surface area (Å²) in [6, 6.07) is 10.6. The van der Waals surface area contributed by atoms with E-state index >= 15 is 0 Å². The summed E-state index contributed by atoms with van der Waals surface area (Å²) in [6.07, 6.45) is 7.47. The summed E-state index contributed by atoms with van der Waals surface area (Å²) in [5.41, 5.74) is 2.73. The van der Waals surface area contributed by atoms with E-state index in [2.05, 4.69) is 60.8 Å². The van der Waals surface area contributed by atoms with Gasteiger partial charge < -0.3 is 5.32 Å². The molecule has 0 heterocycles. The molecule has 0 spiro atoms. The van der Waals surface area contributed by atoms with Gasteiger partial charge in [-0.15, -0.1) is 0 Å². The first-order valence-corrected chi connectivity index (χ1v) is 5.89. The maximum atomic E-state index is 3.45. The summed E-state index contributed by atoms with van der Waals surface area (Å²) in [5, 5.41) is 3.45. The van der Waals surface area contributed by atoms with Gasteiger partial charge in [0.15, 0.2) is 0 Å². The number of rotatable bonds is 6. The Morgan fingerprint density at radius 2 is 1.94 bits per heavy atom. The van der Waals surface area contributed by atoms with Gasteiger partial charge in [-0.25, -0.2) is 0 Å². The lowest BCUT2D eigenvalue weighted by Crippen LogP contribution is -2.19. The van der Waals surface area contributed by atoms with Gasteiger partial charge in [0, 0.05) is 6.54 Å². The van der Waals surface area contributed by atoms with E-state index in [1.807, 2.05) is 6.92 Å². The summed E-state index contributed by atoms with van der Waals surface area (Å²) in [6.45, 7) is 6.11. The Labute approximate surface area is 98.9 Å². The molecule has 0 atom stereocenters. The second kappa shape index (κ2) is 7.89. The average molecular weight is 215 g/mol. The standard InChI is InChI=1S/C15H21N/c1-3-8-14(4-2)13-16-12-11-15-9-6-5-7-10-15/h3-10,16H,11-13H2,1-2H3/b8-3-,14-4+. The third-order valence-electron chi connectivity index (χ3n) is 2.51. The minimum Gasteiger partial charge on any atom is -0.312 e. The first kappa shape index (κ1) is 12.7. The molecule has 1 nitrogen and oxygen atoms in total. The quantitative estimate of drug-likeness (QED) is 0.567. The molecule has 1 heteroatoms. The summed E-state index contributed by atoms with van der Waals surface area (Å²) in [7, 11) is 0. The molecule has 86 valence electrons. The van der Waals surface area contributed by atoms with Crippen molar-refractivity contribution in [2.75, 3.05) is 13.1 Å². The van der Waals surface area contributed by atoms with Crippen molar-refractivity contribution >= 4 is 0 Å². The van der Waals surface area contributed by atoms with Gasteiger partial charge >= 0.3 is 0 Å². The third kappa shape index (κ3) is 4.94. The van der Waals surface area contributed by atoms with Crippen LogP contribution in [0.3, 0.4) is 0 Å². The molecule has 0 radical (unpaired) electrons. The zero-order valence-corrected chi connectivity index (χ0v) is 10.2. The largest absolute Gasteiger partial charge is 0.312 e. The average Bonchev–Trinajstić information content (AvgIpc) is 2.34. The maximum absolute atomic E-state index is 3.45. The highest BCUT2D eigenvalue weighted by atomic mass is 14.8. The van der Waals surface area contributed by atoms with Crippen molar-refractivity contribution in [3.8, 4) is 0 Å². The molecule has 0 bridgehead atoms. The normalized spacial score (nSPS) is 12.2. The van der Waals surface area contributed by atoms with Gasteiger partial charge in [-0.05, 0) is 37.9 Å². The van der Waals surface area contributed by atoms with Crippen LogP contribution in [-0.2, 0) is 6.42 Å². The van der Waals surface area contributed by atoms with Gasteiger partial charge in [0.05, 0.1) is 0 Å². The molecule has 0 aliphatic carbocycles. The minimum atomic E-state index is 0.952. The van der Waals surface area contributed by atoms with Crippen molar-refractivity contribution in [3.63, 3.8) is 0 Å². The first-order valence-electron chi connectivity index (χ1n) is 5.89. The fourth-order valence-electron chi connectivity index (χ4n) is 1.58. The van der Waals surface area contributed by atoms with Crippen LogP contribution in [0.15, 0.2) is 54.1 Å². The smallest absolute Gasteiger partial charge is 0.0202 e. The van der Waals surface area contributed by atoms with E-state index in [9.17, 15) is 0 Å². The van der Waals surface area contributed by atoms with Crippen molar-refractivity contribution < 1.29 is 0 Å². The molecule has 1 aromatic carbocycles. The van der Waals surface area contributed by atoms with E-state index in [4.69, 9.17) is 0 Å². The molecule has 0 amide bonds. The Morgan fingerprint density at radius 1 is 1.19 bits per heavy atom. The maximum Gasteiger partial charge on any atom is 0.0202 e. The van der Waals surface area contributed by atoms with E-state index < -0.39 is 0 Å². The Kier molecular flexibility index (Phi) is 6.28. The number of benzene rings is 1. The van der Waals surface area contributed by atoms with E-state index in [1.54, 1.807) is 0 Å². The molecule has 0 saturated carbocycles. The number of allylic oxidation sites excluding steroid dienone is 2. The van der Waals surface area contributed by atoms with Crippen molar-refractivity contribution in [2.24, 2.45) is 0 Å². The van der Waals surface area contributed by atoms with Crippen LogP contribution in [0.5, 0.6) is 0 Å². The Hall–Kier alpha value is -1.34. The molecular formula is C15H21N. The lowest BCUT2D eigenvalue weighted by atomic mass is 10.1. The van der Waals surface area contributed by atoms with Crippen LogP contribution in [0.25, 0.3) is 0 Å². The summed E-state index contributed by atoms with van der Waals surface area (Å²) < 4.78 is 0. The van der Waals surface area contributed by atoms with Gasteiger partial charge in [-0.1, -0.05) is 48.6 Å². The molecule has 0 aliphatic heterocycles. The third-order valence-corrected chi connectivity index (χ3v) is 2.51. The highest BCUT2D eigenvalue weighted by Gasteiger charge is 1.92. The second-order valence-electron chi connectivity index (χ2n) is 3.78. The number of nitrogens with one attached hydrogen (secondary N) is 1. The van der Waals surface area contributed by atoms with Crippen molar-refractivity contribution in [1.82, 2.24) is 5.32 Å². The van der Waals surface area contributed by atoms with Crippen LogP contribution in [0, 0.1) is 0 Å². The molecule has 0 saturated heterocycles. The highest BCUT2D eigenvalue weighted by Crippen LogP contribution is 1.99. The van der Waals surface area contributed by atoms with Crippen LogP contribution < -0.4 is 5.32 Å². The highest BCUT2D eigenvalue weighted by molar-refractivity contribution is 5.19. The number of hydrogen-bond donors (Lipinski definition) is 1. The molecule has 0 unspecified atom stereocenters. The molecule has 16 heavy (non-hydrogen) atoms. The SMILES string of the molecule is C/C=C\C(=C/C)CNCCc1ccccc1. The van der Waals surface area contributed by atoms with Crippen LogP contribution in [-0.4, -0.2) is 13.1 Å². The van der Waals surface area contributed by atoms with Crippen molar-refractivity contribution in [2.45, 2.75) is 20.3 Å². The van der Waals surface area contributed by atoms with Gasteiger partial charge in [-0.2, -0.15) is 0 Å². The second-order valence-corrected chi connectivity index (χ2v) is 3.78. The molecule has 1 rings (SSSR count). The van der Waals surface area contributed by atoms with Crippen LogP contribution in [0.4, 0.5) is 0 Å². The van der Waals surface area contributed by atoms with Crippen LogP contribution >= 0.6 is 0 Å². The van der Waals surface area contributed by atoms with Gasteiger partial charge in [0.25, 0.3) is 0 Å². The van der Waals surface area contributed by atoms with Crippen LogP contribution in [0.2, 0.25) is 0 Å². The molecule has 0 aliphatic rings. The summed E-state index contributed by atoms with van der Waals surface area (Å²) in [4.78, 5) is 0. The van der Waals surface area contributed by atoms with E-state index in [0.717, 1.165) is 19.5 Å². The van der Waals surface area contributed by atoms with E-state index in [0.29, 0.717) is 0 Å². The lowest BCUT2D eigenvalue weighted by molar-refractivity contribution is 0.733. The fraction of sp³-hybridized carbons (Fsp3) is 0.333. The predicted octanol–water partition coefficient (Wildman–Crippen LogP) is 3.34. The monoisotopic (exact) mass is 215 g/mol. The summed E-state index contributed by atoms with van der Waals surface area (Å²) >= 11 is 0. The molecule has 1 N–H and O–H groups in total. The zero-order chi connectivity index (χ0) is 11.6. The Morgan fingerprint density at radius 3 is 2.56 bits per heavy atom. The lowest BCUT2D eigenvalue weighted by Gasteiger charge is -2.05. The minimum absolute atomic E-state index is 0.952. The van der Waals surface area contributed by atoms with Gasteiger partial charge in [-0.3, -0.25) is 0 Å². The van der Waals surface area contributed by atoms with Crippen molar-refractivity contribution in [1.29, 1.82) is 0 Å². The molecule has 0 aromatic heterocycles.